The minimum atomic E-state index is -2.88. The van der Waals surface area contributed by atoms with Crippen LogP contribution in [0.5, 0.6) is 5.75 Å². The normalized spacial score (nSPS) is 28.4. The zero-order valence-electron chi connectivity index (χ0n) is 24.6. The lowest BCUT2D eigenvalue weighted by Gasteiger charge is -2.52. The highest BCUT2D eigenvalue weighted by molar-refractivity contribution is 6.32. The number of rotatable bonds is 11. The van der Waals surface area contributed by atoms with Crippen molar-refractivity contribution in [3.8, 4) is 5.75 Å². The number of hydrogen-bond donors (Lipinski definition) is 5. The standard InChI is InChI=1S/C30H39FN4O8/c1-4-5-6-7-8-9-33-13-19(36)34-18-12-17(31)15-10-14-11-16-23(35(2)3)26(39)22(29(32)42)28(41)30(16,43)27(40)20(14)25(38)21(15)24(18)37/h12,14,16,20,22-23,33,37,43H,4-11,13H2,1-3H3,(H2,32,42)(H,34,36)/t14-,16-,20?,22?,23-,30-/m0/s1. The Morgan fingerprint density at radius 3 is 2.42 bits per heavy atom. The number of ketones is 4. The maximum Gasteiger partial charge on any atom is 0.238 e. The molecule has 0 heterocycles. The second-order valence-corrected chi connectivity index (χ2v) is 12.0. The maximum absolute atomic E-state index is 15.4. The molecule has 2 unspecified atom stereocenters. The van der Waals surface area contributed by atoms with Crippen LogP contribution in [0.2, 0.25) is 0 Å². The molecular formula is C30H39FN4O8. The first-order chi connectivity index (χ1) is 20.3. The molecule has 2 fully saturated rings. The van der Waals surface area contributed by atoms with E-state index in [-0.39, 0.29) is 30.6 Å². The lowest BCUT2D eigenvalue weighted by Crippen LogP contribution is -2.74. The lowest BCUT2D eigenvalue weighted by atomic mass is 9.52. The fraction of sp³-hybridized carbons (Fsp3) is 0.600. The third kappa shape index (κ3) is 5.61. The number of phenols is 1. The van der Waals surface area contributed by atoms with Crippen molar-refractivity contribution >= 4 is 40.6 Å². The topological polar surface area (TPSA) is 196 Å². The Kier molecular flexibility index (Phi) is 9.48. The Morgan fingerprint density at radius 2 is 1.79 bits per heavy atom. The first-order valence-electron chi connectivity index (χ1n) is 14.7. The highest BCUT2D eigenvalue weighted by Gasteiger charge is 2.69. The number of benzene rings is 1. The van der Waals surface area contributed by atoms with Crippen LogP contribution in [0.3, 0.4) is 0 Å². The van der Waals surface area contributed by atoms with Crippen molar-refractivity contribution in [2.45, 2.75) is 63.5 Å². The predicted molar refractivity (Wildman–Crippen MR) is 152 cm³/mol. The summed E-state index contributed by atoms with van der Waals surface area (Å²) in [5.41, 5.74) is 1.38. The van der Waals surface area contributed by atoms with Gasteiger partial charge in [0.2, 0.25) is 11.8 Å². The average molecular weight is 603 g/mol. The Morgan fingerprint density at radius 1 is 1.12 bits per heavy atom. The number of aromatic hydroxyl groups is 1. The molecule has 0 spiro atoms. The quantitative estimate of drug-likeness (QED) is 0.135. The van der Waals surface area contributed by atoms with Crippen LogP contribution in [0, 0.1) is 29.5 Å². The number of aliphatic hydroxyl groups is 1. The molecule has 0 bridgehead atoms. The molecule has 2 amide bonds. The minimum absolute atomic E-state index is 0.119. The van der Waals surface area contributed by atoms with Gasteiger partial charge in [0.15, 0.2) is 34.7 Å². The number of fused-ring (bicyclic) bond motifs is 3. The molecule has 1 aromatic carbocycles. The summed E-state index contributed by atoms with van der Waals surface area (Å²) in [5, 5.41) is 28.0. The monoisotopic (exact) mass is 602 g/mol. The van der Waals surface area contributed by atoms with E-state index in [1.807, 2.05) is 0 Å². The first-order valence-corrected chi connectivity index (χ1v) is 14.7. The number of nitrogens with zero attached hydrogens (tertiary/aromatic N) is 1. The molecule has 6 N–H and O–H groups in total. The molecular weight excluding hydrogens is 563 g/mol. The summed E-state index contributed by atoms with van der Waals surface area (Å²) >= 11 is 0. The Balaban J connectivity index is 1.60. The van der Waals surface area contributed by atoms with Crippen LogP contribution in [0.4, 0.5) is 10.1 Å². The van der Waals surface area contributed by atoms with E-state index in [4.69, 9.17) is 5.73 Å². The van der Waals surface area contributed by atoms with E-state index in [0.29, 0.717) is 6.54 Å². The van der Waals surface area contributed by atoms with Crippen LogP contribution in [0.15, 0.2) is 6.07 Å². The van der Waals surface area contributed by atoms with E-state index < -0.39 is 87.4 Å². The van der Waals surface area contributed by atoms with Crippen LogP contribution >= 0.6 is 0 Å². The predicted octanol–water partition coefficient (Wildman–Crippen LogP) is 0.505. The van der Waals surface area contributed by atoms with Gasteiger partial charge in [-0.1, -0.05) is 32.6 Å². The SMILES string of the molecule is CCCCCCCNCC(=O)Nc1cc(F)c2c(c1O)C(=O)C1C(=O)[C@]3(O)C(=O)C(C(N)=O)C(=O)[C@@H](N(C)C)[C@@H]3C[C@@H]1C2. The molecule has 3 aliphatic rings. The van der Waals surface area contributed by atoms with E-state index in [1.54, 1.807) is 0 Å². The van der Waals surface area contributed by atoms with E-state index in [0.717, 1.165) is 38.2 Å². The largest absolute Gasteiger partial charge is 0.505 e. The van der Waals surface area contributed by atoms with Crippen molar-refractivity contribution in [1.29, 1.82) is 0 Å². The molecule has 4 rings (SSSR count). The Bertz CT molecular complexity index is 1360. The number of amides is 2. The van der Waals surface area contributed by atoms with Crippen LogP contribution in [0.25, 0.3) is 0 Å². The lowest BCUT2D eigenvalue weighted by molar-refractivity contribution is -0.181. The van der Waals surface area contributed by atoms with E-state index >= 15 is 4.39 Å². The highest BCUT2D eigenvalue weighted by Crippen LogP contribution is 2.51. The van der Waals surface area contributed by atoms with Gasteiger partial charge in [-0.25, -0.2) is 4.39 Å². The Labute approximate surface area is 248 Å². The minimum Gasteiger partial charge on any atom is -0.505 e. The van der Waals surface area contributed by atoms with Gasteiger partial charge in [-0.15, -0.1) is 0 Å². The van der Waals surface area contributed by atoms with Crippen LogP contribution in [0.1, 0.15) is 61.4 Å². The highest BCUT2D eigenvalue weighted by atomic mass is 19.1. The molecule has 3 aliphatic carbocycles. The van der Waals surface area contributed by atoms with E-state index in [1.165, 1.54) is 19.0 Å². The van der Waals surface area contributed by atoms with Gasteiger partial charge in [0, 0.05) is 17.5 Å². The summed E-state index contributed by atoms with van der Waals surface area (Å²) in [5.74, 6) is -14.0. The third-order valence-electron chi connectivity index (χ3n) is 9.02. The number of nitrogens with two attached hydrogens (primary N) is 1. The summed E-state index contributed by atoms with van der Waals surface area (Å²) in [6, 6.07) is -0.346. The van der Waals surface area contributed by atoms with Crippen molar-refractivity contribution in [2.75, 3.05) is 32.5 Å². The van der Waals surface area contributed by atoms with E-state index in [2.05, 4.69) is 17.6 Å². The summed E-state index contributed by atoms with van der Waals surface area (Å²) < 4.78 is 15.4. The number of primary amides is 1. The number of halogens is 1. The number of hydrogen-bond acceptors (Lipinski definition) is 10. The molecule has 0 saturated heterocycles. The molecule has 2 saturated carbocycles. The van der Waals surface area contributed by atoms with Gasteiger partial charge >= 0.3 is 0 Å². The molecule has 43 heavy (non-hydrogen) atoms. The molecule has 12 nitrogen and oxygen atoms in total. The number of phenolic OH excluding ortho intramolecular Hbond substituents is 1. The first kappa shape index (κ1) is 32.4. The number of nitrogens with one attached hydrogen (secondary N) is 2. The summed E-state index contributed by atoms with van der Waals surface area (Å²) in [7, 11) is 2.96. The van der Waals surface area contributed by atoms with Gasteiger partial charge in [-0.05, 0) is 45.8 Å². The zero-order valence-corrected chi connectivity index (χ0v) is 24.6. The summed E-state index contributed by atoms with van der Waals surface area (Å²) in [6.07, 6.45) is 4.83. The van der Waals surface area contributed by atoms with Crippen LogP contribution < -0.4 is 16.4 Å². The summed E-state index contributed by atoms with van der Waals surface area (Å²) in [4.78, 5) is 80.0. The van der Waals surface area contributed by atoms with Crippen molar-refractivity contribution < 1.29 is 43.4 Å². The van der Waals surface area contributed by atoms with Crippen molar-refractivity contribution in [2.24, 2.45) is 29.4 Å². The fourth-order valence-electron chi connectivity index (χ4n) is 6.97. The number of Topliss-reactive ketones (excluding diaryl/α,β-unsaturated/α-hetero) is 4. The second kappa shape index (κ2) is 12.6. The fourth-order valence-corrected chi connectivity index (χ4v) is 6.97. The van der Waals surface area contributed by atoms with Gasteiger partial charge in [-0.3, -0.25) is 33.7 Å². The molecule has 13 heteroatoms. The summed E-state index contributed by atoms with van der Waals surface area (Å²) in [6.45, 7) is 2.58. The number of unbranched alkanes of at least 4 members (excludes halogenated alkanes) is 4. The second-order valence-electron chi connectivity index (χ2n) is 12.0. The smallest absolute Gasteiger partial charge is 0.238 e. The average Bonchev–Trinajstić information content (AvgIpc) is 2.92. The molecule has 0 aromatic heterocycles. The van der Waals surface area contributed by atoms with Gasteiger partial charge in [0.05, 0.1) is 29.8 Å². The molecule has 0 radical (unpaired) electrons. The van der Waals surface area contributed by atoms with Gasteiger partial charge in [-0.2, -0.15) is 0 Å². The Hall–Kier alpha value is -3.55. The van der Waals surface area contributed by atoms with Gasteiger partial charge in [0.25, 0.3) is 0 Å². The number of likely N-dealkylation sites (N-methyl/N-ethyl adjacent to an activating group) is 1. The van der Waals surface area contributed by atoms with Crippen molar-refractivity contribution in [3.63, 3.8) is 0 Å². The van der Waals surface area contributed by atoms with Crippen molar-refractivity contribution in [3.05, 3.63) is 23.0 Å². The molecule has 0 aliphatic heterocycles. The van der Waals surface area contributed by atoms with E-state index in [9.17, 15) is 39.0 Å². The number of anilines is 1. The zero-order chi connectivity index (χ0) is 31.8. The molecule has 234 valence electrons. The van der Waals surface area contributed by atoms with Gasteiger partial charge < -0.3 is 26.6 Å². The number of carbonyl (C=O) groups excluding carboxylic acids is 6. The number of carbonyl (C=O) groups is 6. The maximum atomic E-state index is 15.4. The van der Waals surface area contributed by atoms with Crippen molar-refractivity contribution in [1.82, 2.24) is 10.2 Å². The third-order valence-corrected chi connectivity index (χ3v) is 9.02. The van der Waals surface area contributed by atoms with Crippen LogP contribution in [-0.4, -0.2) is 88.9 Å². The van der Waals surface area contributed by atoms with Crippen LogP contribution in [-0.2, 0) is 30.4 Å². The molecule has 1 aromatic rings. The van der Waals surface area contributed by atoms with Gasteiger partial charge in [0.1, 0.15) is 11.6 Å². The molecule has 6 atom stereocenters.